The fraction of sp³-hybridized carbons (Fsp3) is 0.967. The molecule has 202 valence electrons. The van der Waals surface area contributed by atoms with Gasteiger partial charge in [-0.25, -0.2) is 0 Å². The van der Waals surface area contributed by atoms with E-state index in [1.54, 1.807) is 0 Å². The fourth-order valence-electron chi connectivity index (χ4n) is 8.25. The van der Waals surface area contributed by atoms with Crippen LogP contribution in [0.3, 0.4) is 0 Å². The molecular weight excluding hydrogens is 456 g/mol. The Morgan fingerprint density at radius 1 is 1.00 bits per heavy atom. The van der Waals surface area contributed by atoms with E-state index in [9.17, 15) is 9.90 Å². The molecule has 0 aromatic carbocycles. The van der Waals surface area contributed by atoms with Crippen molar-refractivity contribution in [3.8, 4) is 0 Å². The number of likely N-dealkylation sites (tertiary alicyclic amines) is 1. The number of halogens is 1. The van der Waals surface area contributed by atoms with Crippen molar-refractivity contribution in [3.05, 3.63) is 0 Å². The molecule has 0 bridgehead atoms. The maximum Gasteiger partial charge on any atom is 0.132 e. The van der Waals surface area contributed by atoms with Gasteiger partial charge >= 0.3 is 0 Å². The molecule has 4 rings (SSSR count). The minimum absolute atomic E-state index is 0.354. The van der Waals surface area contributed by atoms with E-state index < -0.39 is 0 Å². The molecule has 0 amide bonds. The summed E-state index contributed by atoms with van der Waals surface area (Å²) in [6, 6.07) is 0.516. The number of ketones is 1. The van der Waals surface area contributed by atoms with Crippen LogP contribution in [0.4, 0.5) is 0 Å². The Hall–Kier alpha value is -0.160. The highest BCUT2D eigenvalue weighted by Gasteiger charge is 2.41. The van der Waals surface area contributed by atoms with E-state index in [0.29, 0.717) is 47.0 Å². The molecule has 3 unspecified atom stereocenters. The Morgan fingerprint density at radius 2 is 1.71 bits per heavy atom. The molecule has 2 N–H and O–H groups in total. The number of piperidine rings is 1. The van der Waals surface area contributed by atoms with Crippen molar-refractivity contribution in [2.24, 2.45) is 35.0 Å². The molecular formula is C30H53ClN2O2. The van der Waals surface area contributed by atoms with Crippen molar-refractivity contribution in [1.29, 1.82) is 0 Å². The first-order chi connectivity index (χ1) is 16.8. The maximum absolute atomic E-state index is 11.8. The maximum atomic E-state index is 11.8. The van der Waals surface area contributed by atoms with E-state index >= 15 is 0 Å². The van der Waals surface area contributed by atoms with Crippen LogP contribution in [0, 0.1) is 35.0 Å². The van der Waals surface area contributed by atoms with Gasteiger partial charge in [0.05, 0.1) is 0 Å². The minimum atomic E-state index is 0.354. The van der Waals surface area contributed by atoms with Crippen LogP contribution in [-0.4, -0.2) is 60.0 Å². The minimum Gasteiger partial charge on any atom is -0.396 e. The van der Waals surface area contributed by atoms with Crippen molar-refractivity contribution in [2.45, 2.75) is 115 Å². The fourth-order valence-corrected chi connectivity index (χ4v) is 8.51. The number of aliphatic hydroxyl groups is 1. The van der Waals surface area contributed by atoms with Gasteiger partial charge in [0, 0.05) is 44.0 Å². The summed E-state index contributed by atoms with van der Waals surface area (Å²) in [5.74, 6) is 4.06. The molecule has 3 saturated carbocycles. The van der Waals surface area contributed by atoms with Crippen molar-refractivity contribution >= 4 is 17.4 Å². The number of alkyl halides is 1. The Bertz CT molecular complexity index is 653. The molecule has 5 heteroatoms. The quantitative estimate of drug-likeness (QED) is 0.373. The number of aliphatic hydroxyl groups excluding tert-OH is 1. The van der Waals surface area contributed by atoms with Crippen LogP contribution in [0.1, 0.15) is 104 Å². The van der Waals surface area contributed by atoms with Crippen molar-refractivity contribution in [2.75, 3.05) is 32.8 Å². The molecule has 35 heavy (non-hydrogen) atoms. The molecule has 0 aromatic rings. The van der Waals surface area contributed by atoms with Gasteiger partial charge in [0.2, 0.25) is 0 Å². The predicted molar refractivity (Wildman–Crippen MR) is 146 cm³/mol. The summed E-state index contributed by atoms with van der Waals surface area (Å²) < 4.78 is 0. The SMILES string of the molecule is CC1(C)CN(C[C@@H](CC2CCC(=O)CC2)NCC2CCCC(CO)C2)CCC1C1CCC(Cl)CC1. The van der Waals surface area contributed by atoms with Gasteiger partial charge in [-0.2, -0.15) is 0 Å². The summed E-state index contributed by atoms with van der Waals surface area (Å²) in [6.45, 7) is 10.1. The number of rotatable bonds is 9. The summed E-state index contributed by atoms with van der Waals surface area (Å²) in [5.41, 5.74) is 0.363. The molecule has 1 saturated heterocycles. The summed E-state index contributed by atoms with van der Waals surface area (Å²) in [7, 11) is 0. The standard InChI is InChI=1S/C30H53ClN2O2/c1-30(2)21-33(15-14-29(30)25-8-10-26(31)11-9-25)19-27(17-22-6-12-28(35)13-7-22)32-18-23-4-3-5-24(16-23)20-34/h22-27,29,32,34H,3-21H2,1-2H3/t23?,24?,25?,26?,27-,29?/m1/s1. The van der Waals surface area contributed by atoms with Gasteiger partial charge in [0.15, 0.2) is 0 Å². The van der Waals surface area contributed by atoms with E-state index in [1.807, 2.05) is 0 Å². The van der Waals surface area contributed by atoms with Crippen LogP contribution >= 0.6 is 11.6 Å². The Morgan fingerprint density at radius 3 is 2.40 bits per heavy atom. The van der Waals surface area contributed by atoms with Gasteiger partial charge < -0.3 is 15.3 Å². The van der Waals surface area contributed by atoms with Gasteiger partial charge in [0.1, 0.15) is 5.78 Å². The van der Waals surface area contributed by atoms with Crippen molar-refractivity contribution < 1.29 is 9.90 Å². The molecule has 4 nitrogen and oxygen atoms in total. The second kappa shape index (κ2) is 13.1. The number of nitrogens with one attached hydrogen (secondary N) is 1. The lowest BCUT2D eigenvalue weighted by atomic mass is 9.64. The van der Waals surface area contributed by atoms with Crippen LogP contribution < -0.4 is 5.32 Å². The summed E-state index contributed by atoms with van der Waals surface area (Å²) in [4.78, 5) is 14.6. The second-order valence-corrected chi connectivity index (χ2v) is 14.2. The highest BCUT2D eigenvalue weighted by molar-refractivity contribution is 6.20. The topological polar surface area (TPSA) is 52.6 Å². The predicted octanol–water partition coefficient (Wildman–Crippen LogP) is 6.04. The van der Waals surface area contributed by atoms with Gasteiger partial charge in [0.25, 0.3) is 0 Å². The zero-order valence-electron chi connectivity index (χ0n) is 22.7. The number of carbonyl (C=O) groups is 1. The Kier molecular flexibility index (Phi) is 10.4. The smallest absolute Gasteiger partial charge is 0.132 e. The van der Waals surface area contributed by atoms with Gasteiger partial charge in [-0.1, -0.05) is 20.3 Å². The van der Waals surface area contributed by atoms with Gasteiger partial charge in [-0.15, -0.1) is 11.6 Å². The van der Waals surface area contributed by atoms with E-state index in [-0.39, 0.29) is 0 Å². The first kappa shape index (κ1) is 27.9. The van der Waals surface area contributed by atoms with E-state index in [1.165, 1.54) is 77.3 Å². The summed E-state index contributed by atoms with van der Waals surface area (Å²) >= 11 is 6.42. The molecule has 0 aromatic heterocycles. The summed E-state index contributed by atoms with van der Waals surface area (Å²) in [6.07, 6.45) is 16.3. The third-order valence-corrected chi connectivity index (χ3v) is 10.7. The molecule has 1 heterocycles. The number of Topliss-reactive ketones (excluding diaryl/α,β-unsaturated/α-hetero) is 1. The van der Waals surface area contributed by atoms with Crippen molar-refractivity contribution in [3.63, 3.8) is 0 Å². The number of hydrogen-bond acceptors (Lipinski definition) is 4. The molecule has 3 aliphatic carbocycles. The lowest BCUT2D eigenvalue weighted by Gasteiger charge is -2.49. The second-order valence-electron chi connectivity index (χ2n) is 13.5. The monoisotopic (exact) mass is 508 g/mol. The van der Waals surface area contributed by atoms with E-state index in [4.69, 9.17) is 11.6 Å². The number of hydrogen-bond donors (Lipinski definition) is 2. The molecule has 4 aliphatic rings. The molecule has 4 fully saturated rings. The van der Waals surface area contributed by atoms with Gasteiger partial charge in [-0.05, 0) is 119 Å². The van der Waals surface area contributed by atoms with Gasteiger partial charge in [-0.3, -0.25) is 4.79 Å². The lowest BCUT2D eigenvalue weighted by molar-refractivity contribution is -0.121. The van der Waals surface area contributed by atoms with Crippen LogP contribution in [0.2, 0.25) is 0 Å². The third-order valence-electron chi connectivity index (χ3n) is 10.3. The zero-order chi connectivity index (χ0) is 24.8. The average molecular weight is 509 g/mol. The Balaban J connectivity index is 1.32. The first-order valence-electron chi connectivity index (χ1n) is 15.0. The zero-order valence-corrected chi connectivity index (χ0v) is 23.4. The number of nitrogens with zero attached hydrogens (tertiary/aromatic N) is 1. The van der Waals surface area contributed by atoms with Crippen LogP contribution in [-0.2, 0) is 4.79 Å². The lowest BCUT2D eigenvalue weighted by Crippen LogP contribution is -2.52. The first-order valence-corrected chi connectivity index (χ1v) is 15.5. The summed E-state index contributed by atoms with van der Waals surface area (Å²) in [5, 5.41) is 14.1. The molecule has 1 aliphatic heterocycles. The largest absolute Gasteiger partial charge is 0.396 e. The molecule has 4 atom stereocenters. The van der Waals surface area contributed by atoms with Crippen LogP contribution in [0.25, 0.3) is 0 Å². The van der Waals surface area contributed by atoms with Crippen LogP contribution in [0.15, 0.2) is 0 Å². The Labute approximate surface area is 220 Å². The molecule has 0 radical (unpaired) electrons. The highest BCUT2D eigenvalue weighted by Crippen LogP contribution is 2.45. The third kappa shape index (κ3) is 8.16. The van der Waals surface area contributed by atoms with E-state index in [2.05, 4.69) is 24.1 Å². The normalized spacial score (nSPS) is 36.2. The van der Waals surface area contributed by atoms with Crippen LogP contribution in [0.5, 0.6) is 0 Å². The highest BCUT2D eigenvalue weighted by atomic mass is 35.5. The van der Waals surface area contributed by atoms with Crippen molar-refractivity contribution in [1.82, 2.24) is 10.2 Å². The average Bonchev–Trinajstić information content (AvgIpc) is 2.84. The molecule has 0 spiro atoms. The number of carbonyl (C=O) groups excluding carboxylic acids is 1. The van der Waals surface area contributed by atoms with E-state index in [0.717, 1.165) is 50.6 Å².